The highest BCUT2D eigenvalue weighted by atomic mass is 16.5. The van der Waals surface area contributed by atoms with Crippen LogP contribution in [0.5, 0.6) is 5.75 Å². The largest absolute Gasteiger partial charge is 0.497 e. The van der Waals surface area contributed by atoms with Gasteiger partial charge in [0.05, 0.1) is 18.9 Å². The Bertz CT molecular complexity index is 1290. The van der Waals surface area contributed by atoms with Gasteiger partial charge in [0.15, 0.2) is 12.3 Å². The van der Waals surface area contributed by atoms with E-state index >= 15 is 0 Å². The first-order valence-electron chi connectivity index (χ1n) is 11.3. The number of carbonyl (C=O) groups is 2. The number of carbonyl (C=O) groups excluding carboxylic acids is 2. The van der Waals surface area contributed by atoms with Gasteiger partial charge in [-0.05, 0) is 35.7 Å². The molecule has 0 saturated heterocycles. The van der Waals surface area contributed by atoms with Crippen LogP contribution in [-0.4, -0.2) is 46.1 Å². The minimum absolute atomic E-state index is 0.0348. The van der Waals surface area contributed by atoms with Crippen LogP contribution in [0.25, 0.3) is 0 Å². The Morgan fingerprint density at radius 2 is 1.77 bits per heavy atom. The Morgan fingerprint density at radius 3 is 2.46 bits per heavy atom. The van der Waals surface area contributed by atoms with Crippen LogP contribution >= 0.6 is 0 Å². The third kappa shape index (κ3) is 5.46. The van der Waals surface area contributed by atoms with Crippen LogP contribution < -0.4 is 10.3 Å². The molecule has 1 atom stereocenters. The molecule has 0 radical (unpaired) electrons. The third-order valence-corrected chi connectivity index (χ3v) is 5.61. The monoisotopic (exact) mass is 474 g/mol. The number of ether oxygens (including phenoxy) is 2. The van der Waals surface area contributed by atoms with Gasteiger partial charge in [0.1, 0.15) is 5.75 Å². The summed E-state index contributed by atoms with van der Waals surface area (Å²) in [6.07, 6.45) is 1.20. The molecule has 1 aliphatic heterocycles. The van der Waals surface area contributed by atoms with Gasteiger partial charge in [0.2, 0.25) is 0 Å². The minimum Gasteiger partial charge on any atom is -0.497 e. The molecule has 0 aliphatic carbocycles. The van der Waals surface area contributed by atoms with E-state index in [2.05, 4.69) is 10.2 Å². The quantitative estimate of drug-likeness (QED) is 0.465. The zero-order chi connectivity index (χ0) is 24.8. The summed E-state index contributed by atoms with van der Waals surface area (Å²) in [6.45, 7) is 1.77. The van der Waals surface area contributed by atoms with Crippen molar-refractivity contribution in [3.8, 4) is 5.75 Å². The highest BCUT2D eigenvalue weighted by molar-refractivity contribution is 6.03. The molecule has 35 heavy (non-hydrogen) atoms. The number of esters is 1. The second-order valence-electron chi connectivity index (χ2n) is 8.00. The van der Waals surface area contributed by atoms with Gasteiger partial charge in [0.25, 0.3) is 11.5 Å². The van der Waals surface area contributed by atoms with Crippen LogP contribution in [0.3, 0.4) is 0 Å². The molecular formula is C26H26N4O5. The first-order chi connectivity index (χ1) is 17.0. The fraction of sp³-hybridized carbons (Fsp3) is 0.269. The minimum atomic E-state index is -0.782. The fourth-order valence-corrected chi connectivity index (χ4v) is 3.83. The summed E-state index contributed by atoms with van der Waals surface area (Å²) in [5, 5.41) is 9.97. The number of hydrogen-bond acceptors (Lipinski definition) is 7. The van der Waals surface area contributed by atoms with Crippen molar-refractivity contribution >= 4 is 17.6 Å². The van der Waals surface area contributed by atoms with Crippen LogP contribution in [0.1, 0.15) is 47.4 Å². The Balaban J connectivity index is 1.52. The number of rotatable bonds is 8. The topological polar surface area (TPSA) is 103 Å². The number of benzene rings is 2. The number of aryl methyl sites for hydroxylation is 1. The van der Waals surface area contributed by atoms with Crippen molar-refractivity contribution < 1.29 is 19.1 Å². The van der Waals surface area contributed by atoms with Gasteiger partial charge < -0.3 is 9.47 Å². The van der Waals surface area contributed by atoms with Gasteiger partial charge in [-0.2, -0.15) is 10.2 Å². The number of methoxy groups -OCH3 is 1. The van der Waals surface area contributed by atoms with Crippen LogP contribution in [0, 0.1) is 0 Å². The second kappa shape index (κ2) is 10.8. The molecule has 2 aromatic carbocycles. The predicted molar refractivity (Wildman–Crippen MR) is 129 cm³/mol. The van der Waals surface area contributed by atoms with Crippen LogP contribution in [-0.2, 0) is 16.1 Å². The molecule has 0 spiro atoms. The number of hydrazone groups is 1. The maximum Gasteiger partial charge on any atom is 0.359 e. The first-order valence-corrected chi connectivity index (χ1v) is 11.3. The molecule has 2 heterocycles. The van der Waals surface area contributed by atoms with E-state index in [1.54, 1.807) is 7.11 Å². The highest BCUT2D eigenvalue weighted by Crippen LogP contribution is 2.33. The molecule has 1 amide bonds. The zero-order valence-corrected chi connectivity index (χ0v) is 19.6. The summed E-state index contributed by atoms with van der Waals surface area (Å²) < 4.78 is 11.7. The van der Waals surface area contributed by atoms with E-state index in [0.717, 1.165) is 16.8 Å². The summed E-state index contributed by atoms with van der Waals surface area (Å²) in [5.74, 6) is -0.540. The lowest BCUT2D eigenvalue weighted by molar-refractivity contribution is -0.136. The van der Waals surface area contributed by atoms with Gasteiger partial charge in [-0.1, -0.05) is 49.4 Å². The zero-order valence-electron chi connectivity index (χ0n) is 19.6. The molecule has 1 aromatic heterocycles. The van der Waals surface area contributed by atoms with E-state index in [1.165, 1.54) is 21.8 Å². The first kappa shape index (κ1) is 23.9. The summed E-state index contributed by atoms with van der Waals surface area (Å²) in [6, 6.07) is 19.3. The average molecular weight is 475 g/mol. The van der Waals surface area contributed by atoms with Crippen molar-refractivity contribution in [2.24, 2.45) is 5.10 Å². The van der Waals surface area contributed by atoms with Crippen molar-refractivity contribution in [3.05, 3.63) is 93.9 Å². The Kier molecular flexibility index (Phi) is 7.35. The molecular weight excluding hydrogens is 448 g/mol. The van der Waals surface area contributed by atoms with Gasteiger partial charge in [0, 0.05) is 19.0 Å². The van der Waals surface area contributed by atoms with E-state index in [9.17, 15) is 14.4 Å². The van der Waals surface area contributed by atoms with E-state index in [1.807, 2.05) is 61.5 Å². The van der Waals surface area contributed by atoms with E-state index in [0.29, 0.717) is 25.1 Å². The van der Waals surface area contributed by atoms with E-state index in [-0.39, 0.29) is 17.3 Å². The smallest absolute Gasteiger partial charge is 0.359 e. The van der Waals surface area contributed by atoms with Gasteiger partial charge >= 0.3 is 5.97 Å². The number of hydrogen-bond donors (Lipinski definition) is 0. The molecule has 180 valence electrons. The molecule has 9 nitrogen and oxygen atoms in total. The number of aromatic nitrogens is 2. The highest BCUT2D eigenvalue weighted by Gasteiger charge is 2.33. The summed E-state index contributed by atoms with van der Waals surface area (Å²) in [5.41, 5.74) is 2.22. The molecule has 0 saturated carbocycles. The Labute approximate surface area is 202 Å². The Morgan fingerprint density at radius 1 is 1.03 bits per heavy atom. The van der Waals surface area contributed by atoms with Crippen molar-refractivity contribution in [1.29, 1.82) is 0 Å². The Hall–Kier alpha value is -4.27. The molecule has 0 N–H and O–H groups in total. The van der Waals surface area contributed by atoms with Crippen molar-refractivity contribution in [3.63, 3.8) is 0 Å². The van der Waals surface area contributed by atoms with Gasteiger partial charge in [-0.3, -0.25) is 9.59 Å². The van der Waals surface area contributed by atoms with Crippen LogP contribution in [0.2, 0.25) is 0 Å². The molecule has 1 unspecified atom stereocenters. The lowest BCUT2D eigenvalue weighted by atomic mass is 9.98. The molecule has 4 rings (SSSR count). The third-order valence-electron chi connectivity index (χ3n) is 5.61. The summed E-state index contributed by atoms with van der Waals surface area (Å²) in [7, 11) is 1.59. The van der Waals surface area contributed by atoms with Gasteiger partial charge in [-0.15, -0.1) is 0 Å². The molecule has 0 fully saturated rings. The van der Waals surface area contributed by atoms with Crippen LogP contribution in [0.15, 0.2) is 76.6 Å². The lowest BCUT2D eigenvalue weighted by Crippen LogP contribution is -2.32. The predicted octanol–water partition coefficient (Wildman–Crippen LogP) is 3.20. The fourth-order valence-electron chi connectivity index (χ4n) is 3.83. The standard InChI is InChI=1S/C26H26N4O5/c1-3-15-29-24(31)14-13-21(27-29)26(33)35-17-25(32)30-23(19-9-11-20(34-2)12-10-19)16-22(28-30)18-7-5-4-6-8-18/h4-14,23H,3,15-17H2,1-2H3. The summed E-state index contributed by atoms with van der Waals surface area (Å²) >= 11 is 0. The normalized spacial score (nSPS) is 15.0. The SMILES string of the molecule is CCCn1nc(C(=O)OCC(=O)N2N=C(c3ccccc3)CC2c2ccc(OC)cc2)ccc1=O. The summed E-state index contributed by atoms with van der Waals surface area (Å²) in [4.78, 5) is 37.5. The molecule has 3 aromatic rings. The van der Waals surface area contributed by atoms with Crippen molar-refractivity contribution in [2.75, 3.05) is 13.7 Å². The molecule has 9 heteroatoms. The molecule has 1 aliphatic rings. The van der Waals surface area contributed by atoms with Crippen LogP contribution in [0.4, 0.5) is 0 Å². The lowest BCUT2D eigenvalue weighted by Gasteiger charge is -2.22. The van der Waals surface area contributed by atoms with Gasteiger partial charge in [-0.25, -0.2) is 14.5 Å². The van der Waals surface area contributed by atoms with E-state index in [4.69, 9.17) is 9.47 Å². The maximum atomic E-state index is 13.1. The van der Waals surface area contributed by atoms with Crippen molar-refractivity contribution in [2.45, 2.75) is 32.4 Å². The second-order valence-corrected chi connectivity index (χ2v) is 8.00. The average Bonchev–Trinajstić information content (AvgIpc) is 3.35. The number of amides is 1. The molecule has 0 bridgehead atoms. The van der Waals surface area contributed by atoms with E-state index < -0.39 is 18.5 Å². The number of nitrogens with zero attached hydrogens (tertiary/aromatic N) is 4. The maximum absolute atomic E-state index is 13.1. The van der Waals surface area contributed by atoms with Crippen molar-refractivity contribution in [1.82, 2.24) is 14.8 Å².